The first-order chi connectivity index (χ1) is 13.7. The number of hydrogen-bond acceptors (Lipinski definition) is 7. The number of carbonyl (C=O) groups excluding carboxylic acids is 1. The molecule has 0 radical (unpaired) electrons. The van der Waals surface area contributed by atoms with Crippen LogP contribution in [0.4, 0.5) is 0 Å². The van der Waals surface area contributed by atoms with Gasteiger partial charge in [0.25, 0.3) is 5.91 Å². The van der Waals surface area contributed by atoms with Gasteiger partial charge in [0.15, 0.2) is 11.5 Å². The smallest absolute Gasteiger partial charge is 0.279 e. The van der Waals surface area contributed by atoms with Crippen molar-refractivity contribution in [2.45, 2.75) is 23.8 Å². The molecular formula is C20H24N2O5S. The van der Waals surface area contributed by atoms with Crippen molar-refractivity contribution in [3.05, 3.63) is 48.0 Å². The number of methoxy groups -OCH3 is 2. The van der Waals surface area contributed by atoms with E-state index in [0.29, 0.717) is 16.4 Å². The van der Waals surface area contributed by atoms with E-state index in [1.165, 1.54) is 26.2 Å². The van der Waals surface area contributed by atoms with Crippen LogP contribution in [0.1, 0.15) is 23.2 Å². The largest absolute Gasteiger partial charge is 0.493 e. The molecule has 1 aliphatic rings. The number of hydroxylamine groups is 1. The zero-order chi connectivity index (χ0) is 19.9. The number of rotatable bonds is 7. The number of nitrogens with zero attached hydrogens (tertiary/aromatic N) is 1. The molecule has 1 amide bonds. The number of nitrogens with one attached hydrogen (secondary N) is 1. The van der Waals surface area contributed by atoms with Crippen LogP contribution in [0.15, 0.2) is 47.4 Å². The van der Waals surface area contributed by atoms with Gasteiger partial charge in [-0.25, -0.2) is 9.79 Å². The average molecular weight is 404 g/mol. The normalized spacial score (nSPS) is 15.1. The first kappa shape index (κ1) is 20.3. The van der Waals surface area contributed by atoms with Crippen molar-refractivity contribution in [3.63, 3.8) is 0 Å². The Hall–Kier alpha value is -2.42. The van der Waals surface area contributed by atoms with Crippen molar-refractivity contribution in [1.29, 1.82) is 0 Å². The molecule has 0 saturated carbocycles. The van der Waals surface area contributed by atoms with Gasteiger partial charge in [0.05, 0.1) is 14.2 Å². The summed E-state index contributed by atoms with van der Waals surface area (Å²) in [4.78, 5) is 12.9. The number of benzene rings is 2. The Morgan fingerprint density at radius 3 is 2.43 bits per heavy atom. The fourth-order valence-electron chi connectivity index (χ4n) is 3.13. The monoisotopic (exact) mass is 404 g/mol. The van der Waals surface area contributed by atoms with E-state index in [2.05, 4.69) is 4.31 Å². The number of ether oxygens (including phenoxy) is 3. The third kappa shape index (κ3) is 4.70. The Morgan fingerprint density at radius 2 is 1.82 bits per heavy atom. The van der Waals surface area contributed by atoms with Crippen molar-refractivity contribution in [1.82, 2.24) is 9.79 Å². The van der Waals surface area contributed by atoms with Crippen LogP contribution < -0.4 is 19.7 Å². The Balaban J connectivity index is 1.68. The molecule has 150 valence electrons. The van der Waals surface area contributed by atoms with Crippen molar-refractivity contribution >= 4 is 17.9 Å². The molecule has 2 aromatic rings. The lowest BCUT2D eigenvalue weighted by molar-refractivity contribution is 0.0698. The third-order valence-corrected chi connectivity index (χ3v) is 5.67. The Morgan fingerprint density at radius 1 is 1.11 bits per heavy atom. The highest BCUT2D eigenvalue weighted by atomic mass is 32.2. The molecule has 8 heteroatoms. The minimum absolute atomic E-state index is 0.171. The van der Waals surface area contributed by atoms with Gasteiger partial charge in [-0.05, 0) is 49.1 Å². The molecule has 0 aliphatic carbocycles. The van der Waals surface area contributed by atoms with Gasteiger partial charge in [0, 0.05) is 18.0 Å². The average Bonchev–Trinajstić information content (AvgIpc) is 2.74. The lowest BCUT2D eigenvalue weighted by atomic mass is 10.1. The number of carbonyl (C=O) groups is 1. The van der Waals surface area contributed by atoms with Crippen molar-refractivity contribution in [2.75, 3.05) is 27.3 Å². The molecule has 0 unspecified atom stereocenters. The quantitative estimate of drug-likeness (QED) is 0.416. The van der Waals surface area contributed by atoms with Crippen molar-refractivity contribution in [2.24, 2.45) is 0 Å². The maximum absolute atomic E-state index is 12.2. The van der Waals surface area contributed by atoms with Gasteiger partial charge in [0.1, 0.15) is 17.4 Å². The SMILES string of the molecule is COc1ccc(SN2CCC(Oc3ccccc3)CC2)c(C(=O)NO)c1OC. The molecule has 1 aliphatic heterocycles. The molecule has 1 fully saturated rings. The van der Waals surface area contributed by atoms with E-state index in [1.807, 2.05) is 30.3 Å². The summed E-state index contributed by atoms with van der Waals surface area (Å²) in [5.74, 6) is 0.970. The molecule has 1 saturated heterocycles. The van der Waals surface area contributed by atoms with Crippen LogP contribution in [0.3, 0.4) is 0 Å². The summed E-state index contributed by atoms with van der Waals surface area (Å²) in [5.41, 5.74) is 1.94. The minimum atomic E-state index is -0.638. The van der Waals surface area contributed by atoms with E-state index in [0.717, 1.165) is 31.7 Å². The lowest BCUT2D eigenvalue weighted by Crippen LogP contribution is -2.34. The van der Waals surface area contributed by atoms with Gasteiger partial charge < -0.3 is 14.2 Å². The van der Waals surface area contributed by atoms with Crippen LogP contribution in [0, 0.1) is 0 Å². The van der Waals surface area contributed by atoms with E-state index in [-0.39, 0.29) is 11.7 Å². The van der Waals surface area contributed by atoms with Gasteiger partial charge in [-0.2, -0.15) is 0 Å². The van der Waals surface area contributed by atoms with E-state index in [9.17, 15) is 4.79 Å². The second kappa shape index (κ2) is 9.68. The molecule has 28 heavy (non-hydrogen) atoms. The zero-order valence-corrected chi connectivity index (χ0v) is 16.7. The fourth-order valence-corrected chi connectivity index (χ4v) is 4.20. The van der Waals surface area contributed by atoms with Crippen LogP contribution in [0.2, 0.25) is 0 Å². The summed E-state index contributed by atoms with van der Waals surface area (Å²) in [6.07, 6.45) is 1.94. The number of hydrogen-bond donors (Lipinski definition) is 2. The first-order valence-corrected chi connectivity index (χ1v) is 9.77. The van der Waals surface area contributed by atoms with Crippen molar-refractivity contribution in [3.8, 4) is 17.2 Å². The molecule has 0 spiro atoms. The maximum atomic E-state index is 12.2. The molecule has 0 aromatic heterocycles. The number of amides is 1. The highest BCUT2D eigenvalue weighted by Gasteiger charge is 2.26. The van der Waals surface area contributed by atoms with Gasteiger partial charge in [-0.1, -0.05) is 18.2 Å². The summed E-state index contributed by atoms with van der Waals surface area (Å²) in [6.45, 7) is 1.63. The van der Waals surface area contributed by atoms with Gasteiger partial charge in [-0.3, -0.25) is 10.0 Å². The molecule has 3 rings (SSSR count). The first-order valence-electron chi connectivity index (χ1n) is 9.00. The molecule has 0 atom stereocenters. The topological polar surface area (TPSA) is 80.3 Å². The van der Waals surface area contributed by atoms with Crippen LogP contribution >= 0.6 is 11.9 Å². The maximum Gasteiger partial charge on any atom is 0.279 e. The summed E-state index contributed by atoms with van der Waals surface area (Å²) >= 11 is 1.46. The molecule has 2 aromatic carbocycles. The zero-order valence-electron chi connectivity index (χ0n) is 15.9. The van der Waals surface area contributed by atoms with E-state index in [1.54, 1.807) is 17.6 Å². The van der Waals surface area contributed by atoms with Gasteiger partial charge >= 0.3 is 0 Å². The summed E-state index contributed by atoms with van der Waals surface area (Å²) in [7, 11) is 2.97. The molecule has 1 heterocycles. The third-order valence-electron chi connectivity index (χ3n) is 4.51. The van der Waals surface area contributed by atoms with E-state index < -0.39 is 5.91 Å². The Labute approximate surface area is 168 Å². The van der Waals surface area contributed by atoms with Gasteiger partial charge in [0.2, 0.25) is 0 Å². The second-order valence-electron chi connectivity index (χ2n) is 6.27. The Bertz CT molecular complexity index is 795. The van der Waals surface area contributed by atoms with Crippen LogP contribution in [0.5, 0.6) is 17.2 Å². The minimum Gasteiger partial charge on any atom is -0.493 e. The Kier molecular flexibility index (Phi) is 7.02. The van der Waals surface area contributed by atoms with Crippen LogP contribution in [0.25, 0.3) is 0 Å². The highest BCUT2D eigenvalue weighted by molar-refractivity contribution is 7.97. The molecule has 2 N–H and O–H groups in total. The van der Waals surface area contributed by atoms with Crippen LogP contribution in [-0.4, -0.2) is 48.8 Å². The molecule has 7 nitrogen and oxygen atoms in total. The highest BCUT2D eigenvalue weighted by Crippen LogP contribution is 2.39. The summed E-state index contributed by atoms with van der Waals surface area (Å²) < 4.78 is 18.8. The summed E-state index contributed by atoms with van der Waals surface area (Å²) in [6, 6.07) is 13.4. The van der Waals surface area contributed by atoms with Gasteiger partial charge in [-0.15, -0.1) is 0 Å². The predicted octanol–water partition coefficient (Wildman–Crippen LogP) is 3.37. The number of piperidine rings is 1. The van der Waals surface area contributed by atoms with Crippen molar-refractivity contribution < 1.29 is 24.2 Å². The molecule has 0 bridgehead atoms. The lowest BCUT2D eigenvalue weighted by Gasteiger charge is -2.31. The molecular weight excluding hydrogens is 380 g/mol. The predicted molar refractivity (Wildman–Crippen MR) is 106 cm³/mol. The van der Waals surface area contributed by atoms with E-state index >= 15 is 0 Å². The standard InChI is InChI=1S/C20H24N2O5S/c1-25-16-8-9-17(18(19(16)26-2)20(23)21-24)28-22-12-10-15(11-13-22)27-14-6-4-3-5-7-14/h3-9,15,24H,10-13H2,1-2H3,(H,21,23). The fraction of sp³-hybridized carbons (Fsp3) is 0.350. The second-order valence-corrected chi connectivity index (χ2v) is 7.40. The number of para-hydroxylation sites is 1. The summed E-state index contributed by atoms with van der Waals surface area (Å²) in [5, 5.41) is 9.14. The van der Waals surface area contributed by atoms with E-state index in [4.69, 9.17) is 19.4 Å². The van der Waals surface area contributed by atoms with Crippen LogP contribution in [-0.2, 0) is 0 Å².